The Hall–Kier alpha value is -2.41. The molecule has 0 bridgehead atoms. The highest BCUT2D eigenvalue weighted by atomic mass is 32.1. The molecule has 1 amide bonds. The molecule has 96 valence electrons. The number of hydrogen-bond acceptors (Lipinski definition) is 4. The second-order valence-electron chi connectivity index (χ2n) is 3.61. The summed E-state index contributed by atoms with van der Waals surface area (Å²) in [5.74, 6) is -1.06. The van der Waals surface area contributed by atoms with Crippen LogP contribution in [-0.4, -0.2) is 20.9 Å². The van der Waals surface area contributed by atoms with Gasteiger partial charge in [0.25, 0.3) is 5.91 Å². The molecule has 5 nitrogen and oxygen atoms in total. The first-order chi connectivity index (χ1) is 9.09. The van der Waals surface area contributed by atoms with Crippen LogP contribution >= 0.6 is 12.2 Å². The largest absolute Gasteiger partial charge is 0.389 e. The first-order valence-electron chi connectivity index (χ1n) is 5.24. The number of rotatable bonds is 3. The first kappa shape index (κ1) is 13.0. The third kappa shape index (κ3) is 2.89. The summed E-state index contributed by atoms with van der Waals surface area (Å²) in [6, 6.07) is 4.18. The van der Waals surface area contributed by atoms with Crippen molar-refractivity contribution in [2.75, 3.05) is 5.32 Å². The van der Waals surface area contributed by atoms with Crippen molar-refractivity contribution in [3.05, 3.63) is 53.9 Å². The summed E-state index contributed by atoms with van der Waals surface area (Å²) in [6.07, 6.45) is 4.00. The van der Waals surface area contributed by atoms with Gasteiger partial charge >= 0.3 is 0 Å². The quantitative estimate of drug-likeness (QED) is 0.830. The first-order valence-corrected chi connectivity index (χ1v) is 5.65. The van der Waals surface area contributed by atoms with E-state index < -0.39 is 11.7 Å². The molecule has 0 atom stereocenters. The molecule has 2 aromatic rings. The molecule has 3 N–H and O–H groups in total. The molecule has 2 rings (SSSR count). The molecule has 0 fully saturated rings. The number of nitrogens with zero attached hydrogens (tertiary/aromatic N) is 2. The van der Waals surface area contributed by atoms with Gasteiger partial charge in [-0.2, -0.15) is 0 Å². The molecule has 1 aromatic carbocycles. The fourth-order valence-electron chi connectivity index (χ4n) is 1.49. The van der Waals surface area contributed by atoms with Gasteiger partial charge in [0.15, 0.2) is 0 Å². The van der Waals surface area contributed by atoms with Crippen LogP contribution in [0.2, 0.25) is 0 Å². The highest BCUT2D eigenvalue weighted by molar-refractivity contribution is 7.80. The number of amides is 1. The molecule has 0 unspecified atom stereocenters. The van der Waals surface area contributed by atoms with Crippen molar-refractivity contribution < 1.29 is 9.18 Å². The molecule has 1 aromatic heterocycles. The van der Waals surface area contributed by atoms with E-state index in [4.69, 9.17) is 18.0 Å². The minimum Gasteiger partial charge on any atom is -0.389 e. The zero-order valence-corrected chi connectivity index (χ0v) is 10.4. The maximum Gasteiger partial charge on any atom is 0.258 e. The third-order valence-electron chi connectivity index (χ3n) is 2.33. The zero-order chi connectivity index (χ0) is 13.8. The van der Waals surface area contributed by atoms with Gasteiger partial charge in [-0.3, -0.25) is 4.79 Å². The van der Waals surface area contributed by atoms with Crippen molar-refractivity contribution >= 4 is 28.8 Å². The molecule has 0 aliphatic rings. The Balaban J connectivity index is 2.32. The van der Waals surface area contributed by atoms with Crippen LogP contribution in [-0.2, 0) is 0 Å². The summed E-state index contributed by atoms with van der Waals surface area (Å²) in [6.45, 7) is 0. The Morgan fingerprint density at radius 2 is 2.00 bits per heavy atom. The maximum atomic E-state index is 13.6. The predicted octanol–water partition coefficient (Wildman–Crippen LogP) is 1.50. The lowest BCUT2D eigenvalue weighted by Gasteiger charge is -2.10. The van der Waals surface area contributed by atoms with Crippen LogP contribution < -0.4 is 11.1 Å². The van der Waals surface area contributed by atoms with Gasteiger partial charge in [-0.05, 0) is 12.1 Å². The van der Waals surface area contributed by atoms with E-state index in [0.29, 0.717) is 0 Å². The van der Waals surface area contributed by atoms with Gasteiger partial charge in [0.1, 0.15) is 17.1 Å². The normalized spacial score (nSPS) is 9.95. The minimum atomic E-state index is -0.588. The molecule has 0 saturated carbocycles. The van der Waals surface area contributed by atoms with E-state index in [1.54, 1.807) is 0 Å². The number of hydrogen-bond donors (Lipinski definition) is 2. The highest BCUT2D eigenvalue weighted by Crippen LogP contribution is 2.19. The Labute approximate surface area is 113 Å². The molecule has 19 heavy (non-hydrogen) atoms. The van der Waals surface area contributed by atoms with Crippen LogP contribution in [0.25, 0.3) is 0 Å². The standard InChI is InChI=1S/C12H9FN4OS/c13-8-2-1-3-9(10(8)11(14)19)17-12(18)7-4-15-6-16-5-7/h1-6H,(H2,14,19)(H,17,18). The Morgan fingerprint density at radius 3 is 2.63 bits per heavy atom. The number of carbonyl (C=O) groups is 1. The van der Waals surface area contributed by atoms with Crippen LogP contribution in [0, 0.1) is 5.82 Å². The van der Waals surface area contributed by atoms with E-state index in [1.165, 1.54) is 36.9 Å². The fourth-order valence-corrected chi connectivity index (χ4v) is 1.70. The van der Waals surface area contributed by atoms with Gasteiger partial charge < -0.3 is 11.1 Å². The summed E-state index contributed by atoms with van der Waals surface area (Å²) in [5, 5.41) is 2.52. The molecule has 0 aliphatic carbocycles. The Morgan fingerprint density at radius 1 is 1.32 bits per heavy atom. The Kier molecular flexibility index (Phi) is 3.76. The predicted molar refractivity (Wildman–Crippen MR) is 72.3 cm³/mol. The fraction of sp³-hybridized carbons (Fsp3) is 0. The lowest BCUT2D eigenvalue weighted by molar-refractivity contribution is 0.102. The second kappa shape index (κ2) is 5.49. The van der Waals surface area contributed by atoms with Crippen molar-refractivity contribution in [1.29, 1.82) is 0 Å². The third-order valence-corrected chi connectivity index (χ3v) is 2.54. The number of carbonyl (C=O) groups excluding carboxylic acids is 1. The van der Waals surface area contributed by atoms with Crippen LogP contribution in [0.4, 0.5) is 10.1 Å². The van der Waals surface area contributed by atoms with Gasteiger partial charge in [0, 0.05) is 12.4 Å². The number of nitrogens with one attached hydrogen (secondary N) is 1. The summed E-state index contributed by atoms with van der Waals surface area (Å²) in [5.41, 5.74) is 5.91. The van der Waals surface area contributed by atoms with E-state index in [1.807, 2.05) is 0 Å². The maximum absolute atomic E-state index is 13.6. The summed E-state index contributed by atoms with van der Waals surface area (Å²) >= 11 is 4.77. The summed E-state index contributed by atoms with van der Waals surface area (Å²) < 4.78 is 13.6. The molecular weight excluding hydrogens is 267 g/mol. The number of thiocarbonyl (C=S) groups is 1. The number of anilines is 1. The molecule has 0 radical (unpaired) electrons. The topological polar surface area (TPSA) is 80.9 Å². The minimum absolute atomic E-state index is 0.00250. The number of aromatic nitrogens is 2. The average molecular weight is 276 g/mol. The van der Waals surface area contributed by atoms with E-state index in [2.05, 4.69) is 15.3 Å². The average Bonchev–Trinajstić information content (AvgIpc) is 2.39. The second-order valence-corrected chi connectivity index (χ2v) is 4.05. The van der Waals surface area contributed by atoms with Crippen LogP contribution in [0.3, 0.4) is 0 Å². The molecule has 7 heteroatoms. The van der Waals surface area contributed by atoms with Crippen LogP contribution in [0.5, 0.6) is 0 Å². The molecule has 1 heterocycles. The van der Waals surface area contributed by atoms with E-state index in [0.717, 1.165) is 0 Å². The molecule has 0 aliphatic heterocycles. The van der Waals surface area contributed by atoms with Gasteiger partial charge in [-0.25, -0.2) is 14.4 Å². The van der Waals surface area contributed by atoms with Gasteiger partial charge in [-0.15, -0.1) is 0 Å². The summed E-state index contributed by atoms with van der Waals surface area (Å²) in [4.78, 5) is 19.2. The van der Waals surface area contributed by atoms with Crippen molar-refractivity contribution in [3.63, 3.8) is 0 Å². The van der Waals surface area contributed by atoms with Crippen LogP contribution in [0.15, 0.2) is 36.9 Å². The van der Waals surface area contributed by atoms with E-state index in [-0.39, 0.29) is 21.8 Å². The van der Waals surface area contributed by atoms with Crippen molar-refractivity contribution in [3.8, 4) is 0 Å². The lowest BCUT2D eigenvalue weighted by Crippen LogP contribution is -2.19. The van der Waals surface area contributed by atoms with Crippen molar-refractivity contribution in [2.24, 2.45) is 5.73 Å². The van der Waals surface area contributed by atoms with Crippen molar-refractivity contribution in [1.82, 2.24) is 9.97 Å². The van der Waals surface area contributed by atoms with E-state index in [9.17, 15) is 9.18 Å². The lowest BCUT2D eigenvalue weighted by atomic mass is 10.1. The monoisotopic (exact) mass is 276 g/mol. The van der Waals surface area contributed by atoms with Crippen molar-refractivity contribution in [2.45, 2.75) is 0 Å². The van der Waals surface area contributed by atoms with E-state index >= 15 is 0 Å². The SMILES string of the molecule is NC(=S)c1c(F)cccc1NC(=O)c1cncnc1. The molecular formula is C12H9FN4OS. The zero-order valence-electron chi connectivity index (χ0n) is 9.63. The molecule has 0 spiro atoms. The van der Waals surface area contributed by atoms with Gasteiger partial charge in [0.05, 0.1) is 16.8 Å². The smallest absolute Gasteiger partial charge is 0.258 e. The Bertz CT molecular complexity index is 633. The van der Waals surface area contributed by atoms with Crippen LogP contribution in [0.1, 0.15) is 15.9 Å². The highest BCUT2D eigenvalue weighted by Gasteiger charge is 2.14. The van der Waals surface area contributed by atoms with Gasteiger partial charge in [0.2, 0.25) is 0 Å². The summed E-state index contributed by atoms with van der Waals surface area (Å²) in [7, 11) is 0. The molecule has 0 saturated heterocycles. The number of halogens is 1. The van der Waals surface area contributed by atoms with Gasteiger partial charge in [-0.1, -0.05) is 18.3 Å². The number of benzene rings is 1. The number of nitrogens with two attached hydrogens (primary N) is 1.